The quantitative estimate of drug-likeness (QED) is 0.754. The van der Waals surface area contributed by atoms with Crippen molar-refractivity contribution in [2.75, 3.05) is 0 Å². The molecule has 0 fully saturated rings. The fourth-order valence-corrected chi connectivity index (χ4v) is 2.36. The van der Waals surface area contributed by atoms with Crippen LogP contribution in [-0.4, -0.2) is 4.98 Å². The molecule has 0 spiro atoms. The van der Waals surface area contributed by atoms with Crippen LogP contribution < -0.4 is 5.73 Å². The van der Waals surface area contributed by atoms with E-state index in [1.807, 2.05) is 31.5 Å². The lowest BCUT2D eigenvalue weighted by Crippen LogP contribution is -2.28. The second-order valence-electron chi connectivity index (χ2n) is 3.73. The van der Waals surface area contributed by atoms with Crippen LogP contribution in [0.25, 0.3) is 10.2 Å². The number of nitrogens with zero attached hydrogens (tertiary/aromatic N) is 1. The van der Waals surface area contributed by atoms with Crippen molar-refractivity contribution in [3.05, 3.63) is 29.3 Å². The molecule has 0 unspecified atom stereocenters. The minimum Gasteiger partial charge on any atom is -0.322 e. The lowest BCUT2D eigenvalue weighted by molar-refractivity contribution is 0.560. The predicted molar refractivity (Wildman–Crippen MR) is 56.8 cm³/mol. The molecule has 1 aromatic carbocycles. The van der Waals surface area contributed by atoms with Gasteiger partial charge in [0, 0.05) is 5.54 Å². The van der Waals surface area contributed by atoms with Crippen LogP contribution in [0.1, 0.15) is 19.4 Å². The second-order valence-corrected chi connectivity index (χ2v) is 4.58. The van der Waals surface area contributed by atoms with E-state index >= 15 is 0 Å². The highest BCUT2D eigenvalue weighted by atomic mass is 32.1. The van der Waals surface area contributed by atoms with Crippen LogP contribution in [0.15, 0.2) is 23.7 Å². The fourth-order valence-electron chi connectivity index (χ4n) is 1.39. The minimum absolute atomic E-state index is 0.286. The van der Waals surface area contributed by atoms with E-state index in [-0.39, 0.29) is 5.54 Å². The molecule has 2 aromatic rings. The van der Waals surface area contributed by atoms with E-state index < -0.39 is 0 Å². The highest BCUT2D eigenvalue weighted by Gasteiger charge is 2.17. The highest BCUT2D eigenvalue weighted by molar-refractivity contribution is 7.17. The summed E-state index contributed by atoms with van der Waals surface area (Å²) in [4.78, 5) is 4.26. The molecule has 0 bridgehead atoms. The van der Waals surface area contributed by atoms with E-state index in [1.165, 1.54) is 10.3 Å². The van der Waals surface area contributed by atoms with Gasteiger partial charge in [0.15, 0.2) is 0 Å². The number of nitrogens with two attached hydrogens (primary N) is 1. The van der Waals surface area contributed by atoms with Crippen molar-refractivity contribution in [3.8, 4) is 0 Å². The molecule has 2 rings (SSSR count). The van der Waals surface area contributed by atoms with Crippen LogP contribution in [0, 0.1) is 0 Å². The molecule has 0 aliphatic carbocycles. The first kappa shape index (κ1) is 8.66. The smallest absolute Gasteiger partial charge is 0.0815 e. The molecule has 1 aromatic heterocycles. The van der Waals surface area contributed by atoms with Crippen molar-refractivity contribution in [3.63, 3.8) is 0 Å². The van der Waals surface area contributed by atoms with Gasteiger partial charge in [-0.2, -0.15) is 0 Å². The third kappa shape index (κ3) is 1.45. The Bertz CT molecular complexity index is 426. The molecule has 0 atom stereocenters. The van der Waals surface area contributed by atoms with Gasteiger partial charge in [-0.15, -0.1) is 11.3 Å². The predicted octanol–water partition coefficient (Wildman–Crippen LogP) is 2.49. The Morgan fingerprint density at radius 2 is 2.15 bits per heavy atom. The van der Waals surface area contributed by atoms with Crippen LogP contribution in [0.5, 0.6) is 0 Å². The van der Waals surface area contributed by atoms with Gasteiger partial charge in [0.2, 0.25) is 0 Å². The minimum atomic E-state index is -0.286. The average molecular weight is 192 g/mol. The van der Waals surface area contributed by atoms with Crippen LogP contribution in [0.3, 0.4) is 0 Å². The van der Waals surface area contributed by atoms with E-state index in [0.717, 1.165) is 5.52 Å². The Hall–Kier alpha value is -0.930. The van der Waals surface area contributed by atoms with Crippen molar-refractivity contribution in [1.82, 2.24) is 4.98 Å². The zero-order valence-corrected chi connectivity index (χ0v) is 8.56. The molecule has 0 amide bonds. The van der Waals surface area contributed by atoms with Crippen molar-refractivity contribution < 1.29 is 0 Å². The maximum Gasteiger partial charge on any atom is 0.0815 e. The zero-order chi connectivity index (χ0) is 9.47. The van der Waals surface area contributed by atoms with E-state index in [2.05, 4.69) is 11.1 Å². The maximum absolute atomic E-state index is 6.06. The Balaban J connectivity index is 2.75. The molecule has 0 aliphatic heterocycles. The van der Waals surface area contributed by atoms with Gasteiger partial charge < -0.3 is 5.73 Å². The van der Waals surface area contributed by atoms with Crippen molar-refractivity contribution >= 4 is 21.6 Å². The van der Waals surface area contributed by atoms with Crippen LogP contribution in [0.4, 0.5) is 0 Å². The summed E-state index contributed by atoms with van der Waals surface area (Å²) in [6, 6.07) is 6.09. The van der Waals surface area contributed by atoms with Gasteiger partial charge in [-0.1, -0.05) is 12.1 Å². The SMILES string of the molecule is CC(C)(N)c1cccc2ncsc12. The topological polar surface area (TPSA) is 38.9 Å². The lowest BCUT2D eigenvalue weighted by atomic mass is 9.95. The third-order valence-corrected chi connectivity index (χ3v) is 2.93. The number of aromatic nitrogens is 1. The number of hydrogen-bond donors (Lipinski definition) is 1. The van der Waals surface area contributed by atoms with Gasteiger partial charge in [0.1, 0.15) is 0 Å². The largest absolute Gasteiger partial charge is 0.322 e. The molecule has 2 nitrogen and oxygen atoms in total. The molecule has 0 saturated heterocycles. The third-order valence-electron chi connectivity index (χ3n) is 2.05. The summed E-state index contributed by atoms with van der Waals surface area (Å²) >= 11 is 1.65. The summed E-state index contributed by atoms with van der Waals surface area (Å²) in [7, 11) is 0. The van der Waals surface area contributed by atoms with Crippen molar-refractivity contribution in [2.24, 2.45) is 5.73 Å². The van der Waals surface area contributed by atoms with E-state index in [4.69, 9.17) is 5.73 Å². The molecule has 68 valence electrons. The standard InChI is InChI=1S/C10H12N2S/c1-10(2,11)7-4-3-5-8-9(7)13-6-12-8/h3-6H,11H2,1-2H3. The van der Waals surface area contributed by atoms with Crippen molar-refractivity contribution in [1.29, 1.82) is 0 Å². The Kier molecular flexibility index (Phi) is 1.86. The fraction of sp³-hybridized carbons (Fsp3) is 0.300. The van der Waals surface area contributed by atoms with Crippen LogP contribution >= 0.6 is 11.3 Å². The second kappa shape index (κ2) is 2.79. The van der Waals surface area contributed by atoms with E-state index in [1.54, 1.807) is 11.3 Å². The molecule has 0 radical (unpaired) electrons. The summed E-state index contributed by atoms with van der Waals surface area (Å²) in [6.45, 7) is 4.03. The number of thiazole rings is 1. The van der Waals surface area contributed by atoms with Crippen molar-refractivity contribution in [2.45, 2.75) is 19.4 Å². The van der Waals surface area contributed by atoms with Gasteiger partial charge in [-0.3, -0.25) is 0 Å². The first-order chi connectivity index (χ1) is 6.09. The highest BCUT2D eigenvalue weighted by Crippen LogP contribution is 2.28. The number of hydrogen-bond acceptors (Lipinski definition) is 3. The van der Waals surface area contributed by atoms with Gasteiger partial charge in [0.25, 0.3) is 0 Å². The van der Waals surface area contributed by atoms with E-state index in [9.17, 15) is 0 Å². The molecular formula is C10H12N2S. The van der Waals surface area contributed by atoms with E-state index in [0.29, 0.717) is 0 Å². The maximum atomic E-state index is 6.06. The van der Waals surface area contributed by atoms with Gasteiger partial charge in [-0.25, -0.2) is 4.98 Å². The van der Waals surface area contributed by atoms with Crippen LogP contribution in [-0.2, 0) is 5.54 Å². The molecule has 1 heterocycles. The zero-order valence-electron chi connectivity index (χ0n) is 7.74. The summed E-state index contributed by atoms with van der Waals surface area (Å²) in [5.74, 6) is 0. The Morgan fingerprint density at radius 3 is 2.85 bits per heavy atom. The number of rotatable bonds is 1. The summed E-state index contributed by atoms with van der Waals surface area (Å²) in [6.07, 6.45) is 0. The average Bonchev–Trinajstić information content (AvgIpc) is 2.48. The number of fused-ring (bicyclic) bond motifs is 1. The molecule has 3 heteroatoms. The monoisotopic (exact) mass is 192 g/mol. The lowest BCUT2D eigenvalue weighted by Gasteiger charge is -2.19. The molecule has 0 aliphatic rings. The van der Waals surface area contributed by atoms with Gasteiger partial charge in [0.05, 0.1) is 15.7 Å². The molecular weight excluding hydrogens is 180 g/mol. The molecule has 13 heavy (non-hydrogen) atoms. The summed E-state index contributed by atoms with van der Waals surface area (Å²) in [5, 5.41) is 0. The Morgan fingerprint density at radius 1 is 1.38 bits per heavy atom. The molecule has 2 N–H and O–H groups in total. The van der Waals surface area contributed by atoms with Crippen LogP contribution in [0.2, 0.25) is 0 Å². The summed E-state index contributed by atoms with van der Waals surface area (Å²) < 4.78 is 1.20. The normalized spacial score (nSPS) is 12.2. The summed E-state index contributed by atoms with van der Waals surface area (Å²) in [5.41, 5.74) is 9.85. The molecule has 0 saturated carbocycles. The number of benzene rings is 1. The first-order valence-electron chi connectivity index (χ1n) is 4.20. The van der Waals surface area contributed by atoms with Gasteiger partial charge >= 0.3 is 0 Å². The van der Waals surface area contributed by atoms with Gasteiger partial charge in [-0.05, 0) is 25.5 Å². The first-order valence-corrected chi connectivity index (χ1v) is 5.08. The Labute approximate surface area is 81.4 Å².